The summed E-state index contributed by atoms with van der Waals surface area (Å²) in [7, 11) is 1.92. The number of aliphatic hydroxyl groups is 1. The maximum absolute atomic E-state index is 9.35. The van der Waals surface area contributed by atoms with Crippen LogP contribution in [0, 0.1) is 5.92 Å². The summed E-state index contributed by atoms with van der Waals surface area (Å²) in [6.07, 6.45) is 9.16. The normalized spacial score (nSPS) is 18.7. The number of aryl methyl sites for hydroxylation is 1. The number of nitrogens with one attached hydrogen (secondary N) is 1. The van der Waals surface area contributed by atoms with Gasteiger partial charge in [0.25, 0.3) is 0 Å². The summed E-state index contributed by atoms with van der Waals surface area (Å²) in [5, 5.41) is 17.6. The summed E-state index contributed by atoms with van der Waals surface area (Å²) in [6, 6.07) is 6.10. The predicted molar refractivity (Wildman–Crippen MR) is 113 cm³/mol. The molecule has 4 aromatic rings. The molecule has 1 aliphatic rings. The minimum atomic E-state index is 0.228. The Morgan fingerprint density at radius 3 is 2.79 bits per heavy atom. The molecule has 0 radical (unpaired) electrons. The van der Waals surface area contributed by atoms with E-state index >= 15 is 0 Å². The smallest absolute Gasteiger partial charge is 0.218 e. The molecule has 0 aromatic carbocycles. The van der Waals surface area contributed by atoms with E-state index in [-0.39, 0.29) is 12.6 Å². The molecule has 0 unspecified atom stereocenters. The molecule has 2 N–H and O–H groups in total. The maximum atomic E-state index is 9.35. The van der Waals surface area contributed by atoms with Crippen molar-refractivity contribution in [2.75, 3.05) is 11.9 Å². The van der Waals surface area contributed by atoms with Gasteiger partial charge in [-0.2, -0.15) is 0 Å². The van der Waals surface area contributed by atoms with Crippen LogP contribution in [0.5, 0.6) is 0 Å². The molecule has 1 saturated carbocycles. The third-order valence-corrected chi connectivity index (χ3v) is 5.96. The fourth-order valence-corrected chi connectivity index (χ4v) is 4.36. The van der Waals surface area contributed by atoms with E-state index in [0.29, 0.717) is 17.6 Å². The third-order valence-electron chi connectivity index (χ3n) is 5.36. The second-order valence-electron chi connectivity index (χ2n) is 7.37. The van der Waals surface area contributed by atoms with Crippen molar-refractivity contribution in [1.29, 1.82) is 0 Å². The number of aliphatic hydroxyl groups excluding tert-OH is 1. The first-order valence-electron chi connectivity index (χ1n) is 9.49. The number of anilines is 1. The molecule has 0 atom stereocenters. The Bertz CT molecular complexity index is 1160. The number of pyridine rings is 1. The molecular weight excluding hydrogens is 434 g/mol. The molecule has 4 aromatic heterocycles. The first kappa shape index (κ1) is 18.3. The minimum absolute atomic E-state index is 0.228. The molecule has 1 aliphatic carbocycles. The first-order valence-corrected chi connectivity index (χ1v) is 10.3. The minimum Gasteiger partial charge on any atom is -0.396 e. The highest BCUT2D eigenvalue weighted by Crippen LogP contribution is 2.38. The van der Waals surface area contributed by atoms with Crippen LogP contribution in [-0.4, -0.2) is 46.9 Å². The van der Waals surface area contributed by atoms with E-state index in [2.05, 4.69) is 31.2 Å². The molecule has 4 heterocycles. The van der Waals surface area contributed by atoms with Crippen LogP contribution in [0.3, 0.4) is 0 Å². The summed E-state index contributed by atoms with van der Waals surface area (Å²) >= 11 is 3.68. The fourth-order valence-electron chi connectivity index (χ4n) is 3.78. The molecule has 9 heteroatoms. The van der Waals surface area contributed by atoms with Crippen LogP contribution in [0.15, 0.2) is 47.5 Å². The lowest BCUT2D eigenvalue weighted by Crippen LogP contribution is -2.37. The van der Waals surface area contributed by atoms with Gasteiger partial charge in [0, 0.05) is 54.5 Å². The lowest BCUT2D eigenvalue weighted by atomic mass is 9.81. The highest BCUT2D eigenvalue weighted by Gasteiger charge is 2.30. The van der Waals surface area contributed by atoms with E-state index in [1.165, 1.54) is 0 Å². The van der Waals surface area contributed by atoms with Crippen LogP contribution < -0.4 is 5.32 Å². The molecule has 0 saturated heterocycles. The summed E-state index contributed by atoms with van der Waals surface area (Å²) in [5.41, 5.74) is 2.65. The maximum Gasteiger partial charge on any atom is 0.218 e. The average Bonchev–Trinajstić information content (AvgIpc) is 3.27. The Labute approximate surface area is 175 Å². The highest BCUT2D eigenvalue weighted by atomic mass is 79.9. The van der Waals surface area contributed by atoms with Gasteiger partial charge in [-0.15, -0.1) is 5.10 Å². The van der Waals surface area contributed by atoms with Gasteiger partial charge in [-0.3, -0.25) is 4.98 Å². The largest absolute Gasteiger partial charge is 0.396 e. The first-order chi connectivity index (χ1) is 14.1. The van der Waals surface area contributed by atoms with Gasteiger partial charge in [0.1, 0.15) is 5.52 Å². The number of imidazole rings is 1. The van der Waals surface area contributed by atoms with Crippen molar-refractivity contribution in [2.24, 2.45) is 13.0 Å². The number of halogens is 1. The monoisotopic (exact) mass is 453 g/mol. The van der Waals surface area contributed by atoms with Gasteiger partial charge >= 0.3 is 0 Å². The lowest BCUT2D eigenvalue weighted by molar-refractivity contribution is 0.151. The van der Waals surface area contributed by atoms with E-state index in [4.69, 9.17) is 10.1 Å². The van der Waals surface area contributed by atoms with Gasteiger partial charge in [0.05, 0.1) is 5.69 Å². The molecule has 0 spiro atoms. The van der Waals surface area contributed by atoms with Crippen LogP contribution >= 0.6 is 15.9 Å². The topological polar surface area (TPSA) is 93.2 Å². The zero-order valence-corrected chi connectivity index (χ0v) is 17.4. The molecule has 1 fully saturated rings. The molecule has 29 heavy (non-hydrogen) atoms. The Balaban J connectivity index is 1.68. The number of fused-ring (bicyclic) bond motifs is 1. The van der Waals surface area contributed by atoms with Crippen molar-refractivity contribution < 1.29 is 5.11 Å². The van der Waals surface area contributed by atoms with E-state index in [0.717, 1.165) is 39.9 Å². The molecule has 0 aliphatic heterocycles. The zero-order chi connectivity index (χ0) is 20.0. The van der Waals surface area contributed by atoms with E-state index in [1.807, 2.05) is 46.7 Å². The van der Waals surface area contributed by atoms with Crippen molar-refractivity contribution in [3.8, 4) is 22.9 Å². The van der Waals surface area contributed by atoms with Crippen molar-refractivity contribution in [3.63, 3.8) is 0 Å². The highest BCUT2D eigenvalue weighted by molar-refractivity contribution is 9.10. The molecule has 8 nitrogen and oxygen atoms in total. The molecule has 5 rings (SSSR count). The number of hydrogen-bond donors (Lipinski definition) is 2. The van der Waals surface area contributed by atoms with Crippen LogP contribution in [0.2, 0.25) is 0 Å². The van der Waals surface area contributed by atoms with Crippen LogP contribution in [0.1, 0.15) is 12.8 Å². The molecule has 148 valence electrons. The molecular formula is C20H20BrN7O. The Morgan fingerprint density at radius 1 is 1.24 bits per heavy atom. The second kappa shape index (κ2) is 7.23. The summed E-state index contributed by atoms with van der Waals surface area (Å²) in [6.45, 7) is 0.228. The van der Waals surface area contributed by atoms with Gasteiger partial charge in [0.15, 0.2) is 11.6 Å². The van der Waals surface area contributed by atoms with Gasteiger partial charge in [-0.05, 0) is 46.8 Å². The van der Waals surface area contributed by atoms with Gasteiger partial charge < -0.3 is 15.0 Å². The Kier molecular flexibility index (Phi) is 4.56. The molecule has 0 amide bonds. The van der Waals surface area contributed by atoms with Crippen molar-refractivity contribution in [2.45, 2.75) is 18.9 Å². The average molecular weight is 454 g/mol. The predicted octanol–water partition coefficient (Wildman–Crippen LogP) is 3.14. The summed E-state index contributed by atoms with van der Waals surface area (Å²) in [5.74, 6) is 2.33. The van der Waals surface area contributed by atoms with Crippen molar-refractivity contribution in [3.05, 3.63) is 47.5 Å². The standard InChI is InChI=1S/C20H20BrN7O/c1-27-7-6-23-20(27)19-25-18(24-13-8-12(9-13)11-29)17-16(14(21)10-28(17)26-19)15-4-2-3-5-22-15/h2-7,10,12-13,29H,8-9,11H2,1H3,(H,24,25,26). The third kappa shape index (κ3) is 3.20. The van der Waals surface area contributed by atoms with Gasteiger partial charge in [0.2, 0.25) is 5.82 Å². The zero-order valence-electron chi connectivity index (χ0n) is 15.8. The summed E-state index contributed by atoms with van der Waals surface area (Å²) < 4.78 is 4.62. The lowest BCUT2D eigenvalue weighted by Gasteiger charge is -2.35. The number of hydrogen-bond acceptors (Lipinski definition) is 6. The second-order valence-corrected chi connectivity index (χ2v) is 8.22. The van der Waals surface area contributed by atoms with E-state index in [1.54, 1.807) is 12.4 Å². The Hall–Kier alpha value is -2.78. The van der Waals surface area contributed by atoms with Crippen LogP contribution in [0.4, 0.5) is 5.82 Å². The quantitative estimate of drug-likeness (QED) is 0.482. The van der Waals surface area contributed by atoms with E-state index in [9.17, 15) is 5.11 Å². The van der Waals surface area contributed by atoms with Crippen molar-refractivity contribution >= 4 is 27.3 Å². The van der Waals surface area contributed by atoms with Gasteiger partial charge in [-0.1, -0.05) is 6.07 Å². The van der Waals surface area contributed by atoms with E-state index < -0.39 is 0 Å². The SMILES string of the molecule is Cn1ccnc1-c1nc(NC2CC(CO)C2)c2c(-c3ccccn3)c(Br)cn2n1. The molecule has 0 bridgehead atoms. The number of rotatable bonds is 5. The van der Waals surface area contributed by atoms with Crippen molar-refractivity contribution in [1.82, 2.24) is 29.1 Å². The Morgan fingerprint density at radius 2 is 2.10 bits per heavy atom. The number of nitrogens with zero attached hydrogens (tertiary/aromatic N) is 6. The van der Waals surface area contributed by atoms with Crippen LogP contribution in [-0.2, 0) is 7.05 Å². The summed E-state index contributed by atoms with van der Waals surface area (Å²) in [4.78, 5) is 13.8. The van der Waals surface area contributed by atoms with Crippen LogP contribution in [0.25, 0.3) is 28.4 Å². The number of aromatic nitrogens is 6. The fraction of sp³-hybridized carbons (Fsp3) is 0.300. The van der Waals surface area contributed by atoms with Gasteiger partial charge in [-0.25, -0.2) is 14.5 Å².